The lowest BCUT2D eigenvalue weighted by Crippen LogP contribution is -2.44. The van der Waals surface area contributed by atoms with Crippen LogP contribution in [0.3, 0.4) is 0 Å². The molecule has 3 N–H and O–H groups in total. The van der Waals surface area contributed by atoms with E-state index >= 15 is 0 Å². The summed E-state index contributed by atoms with van der Waals surface area (Å²) in [5.41, 5.74) is 4.94. The van der Waals surface area contributed by atoms with Gasteiger partial charge < -0.3 is 5.73 Å². The Balaban J connectivity index is 3.15. The number of benzene rings is 1. The zero-order valence-electron chi connectivity index (χ0n) is 10.8. The van der Waals surface area contributed by atoms with Gasteiger partial charge in [0.15, 0.2) is 0 Å². The van der Waals surface area contributed by atoms with E-state index in [1.54, 1.807) is 0 Å². The van der Waals surface area contributed by atoms with Crippen molar-refractivity contribution in [1.82, 2.24) is 4.72 Å². The molecule has 0 amide bonds. The third-order valence-corrected chi connectivity index (χ3v) is 4.92. The number of nitrogens with one attached hydrogen (secondary N) is 1. The van der Waals surface area contributed by atoms with E-state index in [0.717, 1.165) is 12.1 Å². The van der Waals surface area contributed by atoms with E-state index in [1.165, 1.54) is 6.07 Å². The number of hydrogen-bond donors (Lipinski definition) is 2. The summed E-state index contributed by atoms with van der Waals surface area (Å²) in [4.78, 5) is -0.0861. The third kappa shape index (κ3) is 3.20. The molecule has 1 aromatic carbocycles. The molecule has 0 aromatic heterocycles. The van der Waals surface area contributed by atoms with Crippen molar-refractivity contribution in [1.29, 1.82) is 0 Å². The molecule has 6 heteroatoms. The standard InChI is InChI=1S/C12H19FN2O2S/c1-4-12(3,5-2)15-18(16,17)11-7-6-9(13)8-10(11)14/h6-8,15H,4-5,14H2,1-3H3. The zero-order chi connectivity index (χ0) is 14.0. The minimum Gasteiger partial charge on any atom is -0.398 e. The number of anilines is 1. The van der Waals surface area contributed by atoms with E-state index in [2.05, 4.69) is 4.72 Å². The van der Waals surface area contributed by atoms with E-state index in [-0.39, 0.29) is 10.6 Å². The molecule has 1 rings (SSSR count). The number of halogens is 1. The average Bonchev–Trinajstić information content (AvgIpc) is 2.27. The number of hydrogen-bond acceptors (Lipinski definition) is 3. The maximum atomic E-state index is 12.9. The molecule has 0 aliphatic heterocycles. The number of rotatable bonds is 5. The number of sulfonamides is 1. The molecule has 0 heterocycles. The van der Waals surface area contributed by atoms with Gasteiger partial charge in [-0.3, -0.25) is 0 Å². The Hall–Kier alpha value is -1.14. The normalized spacial score (nSPS) is 12.7. The molecule has 0 unspecified atom stereocenters. The van der Waals surface area contributed by atoms with Crippen molar-refractivity contribution in [3.63, 3.8) is 0 Å². The molecule has 0 saturated carbocycles. The fourth-order valence-corrected chi connectivity index (χ4v) is 3.20. The van der Waals surface area contributed by atoms with Crippen LogP contribution < -0.4 is 10.5 Å². The molecule has 18 heavy (non-hydrogen) atoms. The average molecular weight is 274 g/mol. The molecule has 0 aliphatic rings. The van der Waals surface area contributed by atoms with Gasteiger partial charge in [-0.25, -0.2) is 17.5 Å². The summed E-state index contributed by atoms with van der Waals surface area (Å²) in [6.07, 6.45) is 1.31. The highest BCUT2D eigenvalue weighted by Gasteiger charge is 2.28. The lowest BCUT2D eigenvalue weighted by Gasteiger charge is -2.28. The van der Waals surface area contributed by atoms with Crippen LogP contribution in [0.2, 0.25) is 0 Å². The molecule has 0 bridgehead atoms. The van der Waals surface area contributed by atoms with Gasteiger partial charge in [-0.2, -0.15) is 0 Å². The fourth-order valence-electron chi connectivity index (χ4n) is 1.54. The van der Waals surface area contributed by atoms with Crippen LogP contribution in [0.1, 0.15) is 33.6 Å². The first-order valence-corrected chi connectivity index (χ1v) is 7.31. The quantitative estimate of drug-likeness (QED) is 0.809. The van der Waals surface area contributed by atoms with Crippen molar-refractivity contribution >= 4 is 15.7 Å². The molecule has 0 spiro atoms. The largest absolute Gasteiger partial charge is 0.398 e. The van der Waals surface area contributed by atoms with Gasteiger partial charge in [0, 0.05) is 5.54 Å². The van der Waals surface area contributed by atoms with E-state index < -0.39 is 21.4 Å². The van der Waals surface area contributed by atoms with Crippen molar-refractivity contribution in [3.05, 3.63) is 24.0 Å². The Morgan fingerprint density at radius 2 is 1.89 bits per heavy atom. The van der Waals surface area contributed by atoms with Crippen LogP contribution in [0.4, 0.5) is 10.1 Å². The van der Waals surface area contributed by atoms with Gasteiger partial charge in [-0.1, -0.05) is 13.8 Å². The predicted molar refractivity (Wildman–Crippen MR) is 70.1 cm³/mol. The SMILES string of the molecule is CCC(C)(CC)NS(=O)(=O)c1ccc(F)cc1N. The molecule has 102 valence electrons. The van der Waals surface area contributed by atoms with Gasteiger partial charge in [0.2, 0.25) is 10.0 Å². The molecule has 0 atom stereocenters. The second-order valence-electron chi connectivity index (χ2n) is 4.56. The van der Waals surface area contributed by atoms with Crippen molar-refractivity contribution in [2.45, 2.75) is 44.0 Å². The molecular formula is C12H19FN2O2S. The van der Waals surface area contributed by atoms with Gasteiger partial charge in [-0.15, -0.1) is 0 Å². The topological polar surface area (TPSA) is 72.2 Å². The van der Waals surface area contributed by atoms with Crippen molar-refractivity contribution in [3.8, 4) is 0 Å². The Morgan fingerprint density at radius 1 is 1.33 bits per heavy atom. The smallest absolute Gasteiger partial charge is 0.243 e. The van der Waals surface area contributed by atoms with Crippen LogP contribution in [0.5, 0.6) is 0 Å². The summed E-state index contributed by atoms with van der Waals surface area (Å²) in [6.45, 7) is 5.63. The summed E-state index contributed by atoms with van der Waals surface area (Å²) >= 11 is 0. The first-order chi connectivity index (χ1) is 8.24. The van der Waals surface area contributed by atoms with E-state index in [1.807, 2.05) is 20.8 Å². The van der Waals surface area contributed by atoms with Gasteiger partial charge in [0.25, 0.3) is 0 Å². The second-order valence-corrected chi connectivity index (χ2v) is 6.21. The Bertz CT molecular complexity index is 525. The maximum Gasteiger partial charge on any atom is 0.243 e. The molecular weight excluding hydrogens is 255 g/mol. The summed E-state index contributed by atoms with van der Waals surface area (Å²) in [7, 11) is -3.73. The molecule has 0 aliphatic carbocycles. The van der Waals surface area contributed by atoms with E-state index in [9.17, 15) is 12.8 Å². The van der Waals surface area contributed by atoms with Gasteiger partial charge >= 0.3 is 0 Å². The highest BCUT2D eigenvalue weighted by molar-refractivity contribution is 7.89. The minimum absolute atomic E-state index is 0.0861. The highest BCUT2D eigenvalue weighted by Crippen LogP contribution is 2.23. The van der Waals surface area contributed by atoms with Gasteiger partial charge in [-0.05, 0) is 38.0 Å². The van der Waals surface area contributed by atoms with Crippen molar-refractivity contribution < 1.29 is 12.8 Å². The van der Waals surface area contributed by atoms with Crippen LogP contribution >= 0.6 is 0 Å². The summed E-state index contributed by atoms with van der Waals surface area (Å²) in [5.74, 6) is -0.555. The van der Waals surface area contributed by atoms with Crippen LogP contribution in [0, 0.1) is 5.82 Å². The van der Waals surface area contributed by atoms with Gasteiger partial charge in [0.1, 0.15) is 10.7 Å². The monoisotopic (exact) mass is 274 g/mol. The van der Waals surface area contributed by atoms with Crippen LogP contribution in [0.25, 0.3) is 0 Å². The summed E-state index contributed by atoms with van der Waals surface area (Å²) in [5, 5.41) is 0. The Morgan fingerprint density at radius 3 is 2.33 bits per heavy atom. The van der Waals surface area contributed by atoms with Crippen LogP contribution in [0.15, 0.2) is 23.1 Å². The second kappa shape index (κ2) is 5.24. The molecule has 0 saturated heterocycles. The number of nitrogen functional groups attached to an aromatic ring is 1. The highest BCUT2D eigenvalue weighted by atomic mass is 32.2. The van der Waals surface area contributed by atoms with Crippen LogP contribution in [-0.4, -0.2) is 14.0 Å². The first-order valence-electron chi connectivity index (χ1n) is 5.83. The minimum atomic E-state index is -3.73. The summed E-state index contributed by atoms with van der Waals surface area (Å²) in [6, 6.07) is 3.27. The predicted octanol–water partition coefficient (Wildman–Crippen LogP) is 2.26. The molecule has 4 nitrogen and oxygen atoms in total. The summed E-state index contributed by atoms with van der Waals surface area (Å²) < 4.78 is 39.9. The van der Waals surface area contributed by atoms with E-state index in [0.29, 0.717) is 12.8 Å². The van der Waals surface area contributed by atoms with Crippen LogP contribution in [-0.2, 0) is 10.0 Å². The third-order valence-electron chi connectivity index (χ3n) is 3.20. The zero-order valence-corrected chi connectivity index (χ0v) is 11.6. The fraction of sp³-hybridized carbons (Fsp3) is 0.500. The maximum absolute atomic E-state index is 12.9. The van der Waals surface area contributed by atoms with E-state index in [4.69, 9.17) is 5.73 Å². The lowest BCUT2D eigenvalue weighted by atomic mass is 9.98. The number of nitrogens with two attached hydrogens (primary N) is 1. The van der Waals surface area contributed by atoms with Crippen molar-refractivity contribution in [2.75, 3.05) is 5.73 Å². The molecule has 0 radical (unpaired) electrons. The van der Waals surface area contributed by atoms with Gasteiger partial charge in [0.05, 0.1) is 5.69 Å². The Kier molecular flexibility index (Phi) is 4.34. The van der Waals surface area contributed by atoms with Crippen molar-refractivity contribution in [2.24, 2.45) is 0 Å². The Labute approximate surface area is 107 Å². The molecule has 0 fully saturated rings. The lowest BCUT2D eigenvalue weighted by molar-refractivity contribution is 0.389. The molecule has 1 aromatic rings. The first kappa shape index (κ1) is 14.9.